The molecule has 0 atom stereocenters. The van der Waals surface area contributed by atoms with Gasteiger partial charge in [-0.2, -0.15) is 5.10 Å². The summed E-state index contributed by atoms with van der Waals surface area (Å²) in [5, 5.41) is 5.00. The summed E-state index contributed by atoms with van der Waals surface area (Å²) in [5.74, 6) is 1.19. The second-order valence-corrected chi connectivity index (χ2v) is 8.63. The van der Waals surface area contributed by atoms with Gasteiger partial charge in [-0.15, -0.1) is 0 Å². The predicted molar refractivity (Wildman–Crippen MR) is 123 cm³/mol. The lowest BCUT2D eigenvalue weighted by Gasteiger charge is -2.28. The van der Waals surface area contributed by atoms with Crippen LogP contribution in [0.1, 0.15) is 29.8 Å². The Labute approximate surface area is 187 Å². The lowest BCUT2D eigenvalue weighted by atomic mass is 9.97. The molecule has 0 unspecified atom stereocenters. The Hall–Kier alpha value is -3.31. The highest BCUT2D eigenvalue weighted by Crippen LogP contribution is 2.41. The van der Waals surface area contributed by atoms with Gasteiger partial charge >= 0.3 is 0 Å². The molecule has 2 aromatic heterocycles. The van der Waals surface area contributed by atoms with Crippen LogP contribution in [0.2, 0.25) is 0 Å². The fourth-order valence-corrected chi connectivity index (χ4v) is 4.56. The van der Waals surface area contributed by atoms with Crippen LogP contribution in [0, 0.1) is 11.7 Å². The van der Waals surface area contributed by atoms with Crippen molar-refractivity contribution >= 4 is 0 Å². The monoisotopic (exact) mass is 423 g/mol. The summed E-state index contributed by atoms with van der Waals surface area (Å²) in [5.41, 5.74) is 7.75. The van der Waals surface area contributed by atoms with Gasteiger partial charge in [0.2, 0.25) is 0 Å². The van der Waals surface area contributed by atoms with Crippen molar-refractivity contribution in [2.75, 3.05) is 6.54 Å². The molecule has 32 heavy (non-hydrogen) atoms. The minimum atomic E-state index is -0.232. The van der Waals surface area contributed by atoms with Gasteiger partial charge in [0, 0.05) is 48.6 Å². The van der Waals surface area contributed by atoms with Crippen LogP contribution < -0.4 is 0 Å². The number of fused-ring (bicyclic) bond motifs is 1. The summed E-state index contributed by atoms with van der Waals surface area (Å²) in [7, 11) is 0. The first kappa shape index (κ1) is 19.4. The van der Waals surface area contributed by atoms with E-state index in [1.165, 1.54) is 29.3 Å². The second kappa shape index (κ2) is 7.99. The molecule has 3 heterocycles. The molecular weight excluding hydrogens is 399 g/mol. The molecule has 2 aromatic carbocycles. The average Bonchev–Trinajstić information content (AvgIpc) is 3.61. The van der Waals surface area contributed by atoms with E-state index < -0.39 is 0 Å². The quantitative estimate of drug-likeness (QED) is 0.426. The zero-order valence-electron chi connectivity index (χ0n) is 17.8. The van der Waals surface area contributed by atoms with Crippen LogP contribution >= 0.6 is 0 Å². The van der Waals surface area contributed by atoms with Crippen LogP contribution in [-0.2, 0) is 19.6 Å². The Morgan fingerprint density at radius 3 is 2.47 bits per heavy atom. The molecule has 1 aliphatic carbocycles. The molecule has 4 nitrogen and oxygen atoms in total. The van der Waals surface area contributed by atoms with E-state index in [1.54, 1.807) is 0 Å². The van der Waals surface area contributed by atoms with Crippen LogP contribution in [0.25, 0.3) is 22.4 Å². The lowest BCUT2D eigenvalue weighted by molar-refractivity contribution is 0.206. The highest BCUT2D eigenvalue weighted by Gasteiger charge is 2.29. The van der Waals surface area contributed by atoms with Crippen molar-refractivity contribution in [2.45, 2.75) is 32.5 Å². The van der Waals surface area contributed by atoms with E-state index in [1.807, 2.05) is 18.3 Å². The van der Waals surface area contributed by atoms with Gasteiger partial charge in [-0.05, 0) is 60.4 Å². The number of halogens is 1. The van der Waals surface area contributed by atoms with Crippen molar-refractivity contribution in [3.63, 3.8) is 0 Å². The standard InChI is InChI=1S/C27H24FN4/c28-23-10-8-21(9-11-23)27-26(22-12-13-29-24(16-22)20-6-7-20)25-18-31(14-15-32(25)30-27)17-19-4-2-1-3-5-19/h1-5,8-13,16H,6-7,14-15,17-18H2. The summed E-state index contributed by atoms with van der Waals surface area (Å²) in [4.78, 5) is 7.06. The molecule has 0 amide bonds. The second-order valence-electron chi connectivity index (χ2n) is 8.63. The Morgan fingerprint density at radius 1 is 0.875 bits per heavy atom. The largest absolute Gasteiger partial charge is 0.291 e. The van der Waals surface area contributed by atoms with E-state index in [0.29, 0.717) is 0 Å². The molecular formula is C27H24FN4. The fraction of sp³-hybridized carbons (Fsp3) is 0.222. The maximum absolute atomic E-state index is 13.6. The molecule has 0 spiro atoms. The van der Waals surface area contributed by atoms with Crippen molar-refractivity contribution in [1.82, 2.24) is 19.7 Å². The van der Waals surface area contributed by atoms with Gasteiger partial charge < -0.3 is 0 Å². The number of rotatable bonds is 5. The average molecular weight is 424 g/mol. The van der Waals surface area contributed by atoms with Crippen molar-refractivity contribution in [3.05, 3.63) is 102 Å². The van der Waals surface area contributed by atoms with Crippen molar-refractivity contribution in [3.8, 4) is 22.4 Å². The van der Waals surface area contributed by atoms with E-state index >= 15 is 0 Å². The van der Waals surface area contributed by atoms with Crippen LogP contribution in [0.15, 0.2) is 72.9 Å². The highest BCUT2D eigenvalue weighted by molar-refractivity contribution is 5.83. The summed E-state index contributed by atoms with van der Waals surface area (Å²) in [6, 6.07) is 21.5. The third-order valence-electron chi connectivity index (χ3n) is 6.34. The molecule has 1 aliphatic heterocycles. The Kier molecular flexibility index (Phi) is 4.84. The topological polar surface area (TPSA) is 34.0 Å². The van der Waals surface area contributed by atoms with Crippen molar-refractivity contribution in [1.29, 1.82) is 0 Å². The van der Waals surface area contributed by atoms with Gasteiger partial charge in [0.15, 0.2) is 0 Å². The molecule has 0 bridgehead atoms. The van der Waals surface area contributed by atoms with Gasteiger partial charge in [-0.25, -0.2) is 4.39 Å². The van der Waals surface area contributed by atoms with Gasteiger partial charge in [0.05, 0.1) is 12.2 Å². The fourth-order valence-electron chi connectivity index (χ4n) is 4.56. The van der Waals surface area contributed by atoms with Gasteiger partial charge in [0.25, 0.3) is 0 Å². The molecule has 2 aliphatic rings. The molecule has 0 N–H and O–H groups in total. The summed E-state index contributed by atoms with van der Waals surface area (Å²) in [6.07, 6.45) is 4.18. The van der Waals surface area contributed by atoms with E-state index in [4.69, 9.17) is 5.10 Å². The molecule has 5 heteroatoms. The van der Waals surface area contributed by atoms with E-state index in [9.17, 15) is 4.39 Å². The minimum Gasteiger partial charge on any atom is -0.291 e. The van der Waals surface area contributed by atoms with E-state index in [0.717, 1.165) is 67.1 Å². The summed E-state index contributed by atoms with van der Waals surface area (Å²) < 4.78 is 15.8. The number of benzene rings is 2. The molecule has 1 radical (unpaired) electrons. The van der Waals surface area contributed by atoms with Gasteiger partial charge in [0.1, 0.15) is 11.5 Å². The first-order chi connectivity index (χ1) is 15.7. The molecule has 4 aromatic rings. The number of hydrogen-bond donors (Lipinski definition) is 0. The number of nitrogens with zero attached hydrogens (tertiary/aromatic N) is 4. The van der Waals surface area contributed by atoms with Crippen LogP contribution in [-0.4, -0.2) is 26.2 Å². The first-order valence-corrected chi connectivity index (χ1v) is 11.2. The molecule has 6 rings (SSSR count). The Bertz CT molecular complexity index is 1240. The lowest BCUT2D eigenvalue weighted by Crippen LogP contribution is -2.33. The molecule has 0 saturated heterocycles. The molecule has 1 saturated carbocycles. The minimum absolute atomic E-state index is 0.232. The van der Waals surface area contributed by atoms with Crippen LogP contribution in [0.4, 0.5) is 4.39 Å². The third kappa shape index (κ3) is 3.73. The maximum Gasteiger partial charge on any atom is 0.123 e. The Morgan fingerprint density at radius 2 is 1.69 bits per heavy atom. The van der Waals surface area contributed by atoms with E-state index in [-0.39, 0.29) is 5.82 Å². The van der Waals surface area contributed by atoms with E-state index in [2.05, 4.69) is 57.0 Å². The Balaban J connectivity index is 1.43. The summed E-state index contributed by atoms with van der Waals surface area (Å²) >= 11 is 0. The number of aromatic nitrogens is 3. The van der Waals surface area contributed by atoms with Crippen molar-refractivity contribution < 1.29 is 4.39 Å². The highest BCUT2D eigenvalue weighted by atomic mass is 19.1. The normalized spacial score (nSPS) is 16.2. The predicted octanol–water partition coefficient (Wildman–Crippen LogP) is 5.48. The molecule has 1 fully saturated rings. The van der Waals surface area contributed by atoms with Gasteiger partial charge in [-0.1, -0.05) is 30.3 Å². The van der Waals surface area contributed by atoms with Crippen molar-refractivity contribution in [2.24, 2.45) is 0 Å². The first-order valence-electron chi connectivity index (χ1n) is 11.2. The number of pyridine rings is 1. The van der Waals surface area contributed by atoms with Crippen LogP contribution in [0.5, 0.6) is 0 Å². The van der Waals surface area contributed by atoms with Gasteiger partial charge in [-0.3, -0.25) is 14.6 Å². The number of hydrogen-bond acceptors (Lipinski definition) is 3. The zero-order chi connectivity index (χ0) is 21.5. The molecule has 159 valence electrons. The third-order valence-corrected chi connectivity index (χ3v) is 6.34. The smallest absolute Gasteiger partial charge is 0.123 e. The van der Waals surface area contributed by atoms with Crippen LogP contribution in [0.3, 0.4) is 0 Å². The summed E-state index contributed by atoms with van der Waals surface area (Å²) in [6.45, 7) is 3.53. The SMILES string of the molecule is Fc1ccc(-c2nn3c(c2-c2ccnc([C]4CC4)c2)CN(Cc2ccccc2)CC3)cc1. The maximum atomic E-state index is 13.6. The zero-order valence-corrected chi connectivity index (χ0v) is 17.8.